The first kappa shape index (κ1) is 21.2. The number of aromatic nitrogens is 4. The highest BCUT2D eigenvalue weighted by atomic mass is 16.2. The van der Waals surface area contributed by atoms with Gasteiger partial charge in [0.2, 0.25) is 0 Å². The molecule has 0 spiro atoms. The Morgan fingerprint density at radius 2 is 1.69 bits per heavy atom. The second-order valence-electron chi connectivity index (χ2n) is 7.73. The molecule has 8 heteroatoms. The molecule has 4 aromatic rings. The number of nitrogens with one attached hydrogen (secondary N) is 2. The number of pyridine rings is 2. The number of anilines is 1. The number of hydrogen-bond donors (Lipinski definition) is 2. The van der Waals surface area contributed by atoms with Crippen LogP contribution >= 0.6 is 0 Å². The number of aryl methyl sites for hydroxylation is 3. The van der Waals surface area contributed by atoms with Crippen LogP contribution in [0.1, 0.15) is 50.6 Å². The monoisotopic (exact) mass is 428 g/mol. The molecule has 32 heavy (non-hydrogen) atoms. The quantitative estimate of drug-likeness (QED) is 0.504. The number of amides is 2. The molecular weight excluding hydrogens is 404 g/mol. The van der Waals surface area contributed by atoms with Gasteiger partial charge in [0.05, 0.1) is 22.7 Å². The van der Waals surface area contributed by atoms with Gasteiger partial charge in [-0.1, -0.05) is 12.1 Å². The van der Waals surface area contributed by atoms with Crippen LogP contribution in [0.15, 0.2) is 54.9 Å². The minimum Gasteiger partial charge on any atom is -0.345 e. The Morgan fingerprint density at radius 1 is 1.00 bits per heavy atom. The normalized spacial score (nSPS) is 11.9. The molecule has 3 aromatic heterocycles. The standard InChI is InChI=1S/C24H24N6O2/c1-14-13-20(21-16(3)29-30(4)22(21)26-14)24(32)27-15(2)17-5-7-19(8-6-17)28-23(31)18-9-11-25-12-10-18/h5-13,15H,1-4H3,(H,27,32)(H,28,31). The smallest absolute Gasteiger partial charge is 0.255 e. The molecule has 0 aliphatic rings. The van der Waals surface area contributed by atoms with Crippen molar-refractivity contribution in [2.24, 2.45) is 7.05 Å². The lowest BCUT2D eigenvalue weighted by Gasteiger charge is -2.16. The van der Waals surface area contributed by atoms with E-state index in [9.17, 15) is 9.59 Å². The lowest BCUT2D eigenvalue weighted by atomic mass is 10.1. The van der Waals surface area contributed by atoms with Gasteiger partial charge in [0.1, 0.15) is 0 Å². The molecule has 1 aromatic carbocycles. The molecule has 0 aliphatic carbocycles. The van der Waals surface area contributed by atoms with Crippen LogP contribution in [-0.4, -0.2) is 31.6 Å². The Kier molecular flexibility index (Phi) is 5.68. The summed E-state index contributed by atoms with van der Waals surface area (Å²) in [6.45, 7) is 5.66. The lowest BCUT2D eigenvalue weighted by Crippen LogP contribution is -2.27. The molecule has 2 amide bonds. The summed E-state index contributed by atoms with van der Waals surface area (Å²) in [5.74, 6) is -0.385. The van der Waals surface area contributed by atoms with E-state index in [0.29, 0.717) is 22.5 Å². The van der Waals surface area contributed by atoms with Crippen LogP contribution in [0.4, 0.5) is 5.69 Å². The maximum atomic E-state index is 13.1. The Hall–Kier alpha value is -4.07. The number of fused-ring (bicyclic) bond motifs is 1. The average Bonchev–Trinajstić information content (AvgIpc) is 3.07. The average molecular weight is 428 g/mol. The molecular formula is C24H24N6O2. The van der Waals surface area contributed by atoms with Crippen molar-refractivity contribution in [2.75, 3.05) is 5.32 Å². The van der Waals surface area contributed by atoms with E-state index in [1.807, 2.05) is 52.1 Å². The molecule has 0 aliphatic heterocycles. The predicted molar refractivity (Wildman–Crippen MR) is 122 cm³/mol. The van der Waals surface area contributed by atoms with Crippen LogP contribution in [-0.2, 0) is 7.05 Å². The molecule has 162 valence electrons. The van der Waals surface area contributed by atoms with Crippen molar-refractivity contribution in [3.05, 3.63) is 82.9 Å². The molecule has 8 nitrogen and oxygen atoms in total. The highest BCUT2D eigenvalue weighted by Crippen LogP contribution is 2.23. The second-order valence-corrected chi connectivity index (χ2v) is 7.73. The minimum absolute atomic E-state index is 0.181. The van der Waals surface area contributed by atoms with E-state index in [-0.39, 0.29) is 17.9 Å². The van der Waals surface area contributed by atoms with Crippen molar-refractivity contribution in [3.63, 3.8) is 0 Å². The molecule has 3 heterocycles. The molecule has 0 radical (unpaired) electrons. The topological polar surface area (TPSA) is 102 Å². The Bertz CT molecular complexity index is 1300. The third-order valence-corrected chi connectivity index (χ3v) is 5.30. The Labute approximate surface area is 185 Å². The van der Waals surface area contributed by atoms with E-state index in [4.69, 9.17) is 0 Å². The number of carbonyl (C=O) groups excluding carboxylic acids is 2. The molecule has 0 saturated heterocycles. The fourth-order valence-electron chi connectivity index (χ4n) is 3.67. The summed E-state index contributed by atoms with van der Waals surface area (Å²) in [4.78, 5) is 33.8. The van der Waals surface area contributed by atoms with Gasteiger partial charge in [-0.05, 0) is 56.7 Å². The van der Waals surface area contributed by atoms with Crippen LogP contribution in [0.2, 0.25) is 0 Å². The summed E-state index contributed by atoms with van der Waals surface area (Å²) < 4.78 is 1.69. The van der Waals surface area contributed by atoms with Crippen molar-refractivity contribution in [1.29, 1.82) is 0 Å². The fraction of sp³-hybridized carbons (Fsp3) is 0.208. The predicted octanol–water partition coefficient (Wildman–Crippen LogP) is 3.72. The van der Waals surface area contributed by atoms with Gasteiger partial charge in [-0.25, -0.2) is 4.98 Å². The number of carbonyl (C=O) groups is 2. The maximum Gasteiger partial charge on any atom is 0.255 e. The van der Waals surface area contributed by atoms with Gasteiger partial charge in [0, 0.05) is 36.4 Å². The third-order valence-electron chi connectivity index (χ3n) is 5.30. The Balaban J connectivity index is 1.49. The van der Waals surface area contributed by atoms with Gasteiger partial charge in [-0.3, -0.25) is 19.3 Å². The number of hydrogen-bond acceptors (Lipinski definition) is 5. The first-order valence-corrected chi connectivity index (χ1v) is 10.3. The van der Waals surface area contributed by atoms with Gasteiger partial charge in [0.15, 0.2) is 5.65 Å². The zero-order valence-corrected chi connectivity index (χ0v) is 18.4. The highest BCUT2D eigenvalue weighted by Gasteiger charge is 2.19. The van der Waals surface area contributed by atoms with Crippen LogP contribution < -0.4 is 10.6 Å². The highest BCUT2D eigenvalue weighted by molar-refractivity contribution is 6.06. The van der Waals surface area contributed by atoms with Crippen molar-refractivity contribution >= 4 is 28.5 Å². The van der Waals surface area contributed by atoms with Crippen molar-refractivity contribution in [1.82, 2.24) is 25.1 Å². The van der Waals surface area contributed by atoms with E-state index < -0.39 is 0 Å². The van der Waals surface area contributed by atoms with Crippen LogP contribution in [0, 0.1) is 13.8 Å². The zero-order chi connectivity index (χ0) is 22.8. The van der Waals surface area contributed by atoms with Gasteiger partial charge >= 0.3 is 0 Å². The zero-order valence-electron chi connectivity index (χ0n) is 18.4. The number of benzene rings is 1. The van der Waals surface area contributed by atoms with E-state index in [2.05, 4.69) is 25.7 Å². The van der Waals surface area contributed by atoms with Crippen LogP contribution in [0.5, 0.6) is 0 Å². The van der Waals surface area contributed by atoms with E-state index in [0.717, 1.165) is 22.3 Å². The van der Waals surface area contributed by atoms with Crippen LogP contribution in [0.3, 0.4) is 0 Å². The van der Waals surface area contributed by atoms with E-state index in [1.165, 1.54) is 0 Å². The molecule has 1 unspecified atom stereocenters. The Morgan fingerprint density at radius 3 is 2.38 bits per heavy atom. The van der Waals surface area contributed by atoms with E-state index in [1.54, 1.807) is 35.3 Å². The maximum absolute atomic E-state index is 13.1. The van der Waals surface area contributed by atoms with Gasteiger partial charge in [0.25, 0.3) is 11.8 Å². The minimum atomic E-state index is -0.229. The summed E-state index contributed by atoms with van der Waals surface area (Å²) in [6.07, 6.45) is 3.15. The molecule has 4 rings (SSSR count). The summed E-state index contributed by atoms with van der Waals surface area (Å²) in [5, 5.41) is 11.1. The summed E-state index contributed by atoms with van der Waals surface area (Å²) >= 11 is 0. The second kappa shape index (κ2) is 8.58. The first-order valence-electron chi connectivity index (χ1n) is 10.3. The molecule has 0 fully saturated rings. The number of rotatable bonds is 5. The summed E-state index contributed by atoms with van der Waals surface area (Å²) in [6, 6.07) is 12.3. The van der Waals surface area contributed by atoms with Crippen molar-refractivity contribution in [2.45, 2.75) is 26.8 Å². The largest absolute Gasteiger partial charge is 0.345 e. The third kappa shape index (κ3) is 4.20. The van der Waals surface area contributed by atoms with Crippen LogP contribution in [0.25, 0.3) is 11.0 Å². The molecule has 2 N–H and O–H groups in total. The SMILES string of the molecule is Cc1cc(C(=O)NC(C)c2ccc(NC(=O)c3ccncc3)cc2)c2c(C)nn(C)c2n1. The first-order chi connectivity index (χ1) is 15.3. The van der Waals surface area contributed by atoms with Gasteiger partial charge < -0.3 is 10.6 Å². The van der Waals surface area contributed by atoms with E-state index >= 15 is 0 Å². The molecule has 0 bridgehead atoms. The summed E-state index contributed by atoms with van der Waals surface area (Å²) in [7, 11) is 1.82. The summed E-state index contributed by atoms with van der Waals surface area (Å²) in [5.41, 5.74) is 4.90. The van der Waals surface area contributed by atoms with Gasteiger partial charge in [-0.2, -0.15) is 5.10 Å². The molecule has 0 saturated carbocycles. The fourth-order valence-corrected chi connectivity index (χ4v) is 3.67. The molecule has 1 atom stereocenters. The van der Waals surface area contributed by atoms with Gasteiger partial charge in [-0.15, -0.1) is 0 Å². The lowest BCUT2D eigenvalue weighted by molar-refractivity contribution is 0.0940. The number of nitrogens with zero attached hydrogens (tertiary/aromatic N) is 4. The van der Waals surface area contributed by atoms with Crippen molar-refractivity contribution < 1.29 is 9.59 Å². The van der Waals surface area contributed by atoms with Crippen molar-refractivity contribution in [3.8, 4) is 0 Å².